The van der Waals surface area contributed by atoms with Crippen LogP contribution in [0.2, 0.25) is 0 Å². The maximum Gasteiger partial charge on any atom is 0.256 e. The van der Waals surface area contributed by atoms with Crippen molar-refractivity contribution in [3.63, 3.8) is 0 Å². The molecule has 0 atom stereocenters. The lowest BCUT2D eigenvalue weighted by Crippen LogP contribution is -2.40. The zero-order chi connectivity index (χ0) is 10.9. The highest BCUT2D eigenvalue weighted by molar-refractivity contribution is 6.15. The number of amides is 2. The number of hydrogen-bond donors (Lipinski definition) is 1. The largest absolute Gasteiger partial charge is 0.396 e. The highest BCUT2D eigenvalue weighted by Gasteiger charge is 2.32. The Morgan fingerprint density at radius 2 is 2.00 bits per heavy atom. The van der Waals surface area contributed by atoms with Gasteiger partial charge in [-0.3, -0.25) is 14.5 Å². The quantitative estimate of drug-likeness (QED) is 0.663. The second-order valence-corrected chi connectivity index (χ2v) is 4.38. The summed E-state index contributed by atoms with van der Waals surface area (Å²) in [5.41, 5.74) is 0.0211. The molecule has 1 aliphatic rings. The number of imide groups is 1. The molecule has 0 aromatic carbocycles. The van der Waals surface area contributed by atoms with Crippen molar-refractivity contribution in [2.75, 3.05) is 13.2 Å². The summed E-state index contributed by atoms with van der Waals surface area (Å²) < 4.78 is 0. The molecule has 0 bridgehead atoms. The Morgan fingerprint density at radius 3 is 2.36 bits per heavy atom. The van der Waals surface area contributed by atoms with Crippen LogP contribution in [0.25, 0.3) is 0 Å². The van der Waals surface area contributed by atoms with Crippen molar-refractivity contribution < 1.29 is 14.7 Å². The van der Waals surface area contributed by atoms with Gasteiger partial charge in [0.05, 0.1) is 0 Å². The van der Waals surface area contributed by atoms with E-state index in [2.05, 4.69) is 0 Å². The SMILES string of the molecule is CC1=CC(=O)N(CC(C)(C)CO)C1=O. The lowest BCUT2D eigenvalue weighted by molar-refractivity contribution is -0.139. The zero-order valence-corrected chi connectivity index (χ0v) is 8.70. The number of aliphatic hydroxyl groups excluding tert-OH is 1. The minimum absolute atomic E-state index is 0.0525. The van der Waals surface area contributed by atoms with Gasteiger partial charge >= 0.3 is 0 Å². The average Bonchev–Trinajstić information content (AvgIpc) is 2.32. The number of hydrogen-bond acceptors (Lipinski definition) is 3. The third kappa shape index (κ3) is 2.01. The third-order valence-electron chi connectivity index (χ3n) is 2.20. The first kappa shape index (κ1) is 10.9. The Balaban J connectivity index is 2.74. The van der Waals surface area contributed by atoms with Crippen molar-refractivity contribution in [2.45, 2.75) is 20.8 Å². The Labute approximate surface area is 83.2 Å². The number of carbonyl (C=O) groups is 2. The van der Waals surface area contributed by atoms with Gasteiger partial charge in [-0.15, -0.1) is 0 Å². The molecule has 4 nitrogen and oxygen atoms in total. The van der Waals surface area contributed by atoms with Gasteiger partial charge in [-0.1, -0.05) is 13.8 Å². The summed E-state index contributed by atoms with van der Waals surface area (Å²) in [5, 5.41) is 9.03. The topological polar surface area (TPSA) is 57.6 Å². The van der Waals surface area contributed by atoms with Crippen LogP contribution in [-0.2, 0) is 9.59 Å². The van der Waals surface area contributed by atoms with E-state index < -0.39 is 5.41 Å². The van der Waals surface area contributed by atoms with Gasteiger partial charge in [-0.05, 0) is 6.92 Å². The van der Waals surface area contributed by atoms with Crippen molar-refractivity contribution in [3.05, 3.63) is 11.6 Å². The molecule has 0 saturated heterocycles. The summed E-state index contributed by atoms with van der Waals surface area (Å²) >= 11 is 0. The van der Waals surface area contributed by atoms with E-state index >= 15 is 0 Å². The van der Waals surface area contributed by atoms with E-state index in [9.17, 15) is 9.59 Å². The molecule has 1 rings (SSSR count). The van der Waals surface area contributed by atoms with E-state index in [0.29, 0.717) is 5.57 Å². The lowest BCUT2D eigenvalue weighted by Gasteiger charge is -2.27. The van der Waals surface area contributed by atoms with Gasteiger partial charge in [0.2, 0.25) is 0 Å². The van der Waals surface area contributed by atoms with E-state index in [1.807, 2.05) is 0 Å². The molecule has 1 aliphatic heterocycles. The van der Waals surface area contributed by atoms with Gasteiger partial charge in [-0.2, -0.15) is 0 Å². The van der Waals surface area contributed by atoms with E-state index in [1.54, 1.807) is 20.8 Å². The normalized spacial score (nSPS) is 17.7. The van der Waals surface area contributed by atoms with Crippen LogP contribution in [0.1, 0.15) is 20.8 Å². The van der Waals surface area contributed by atoms with Crippen LogP contribution in [0.3, 0.4) is 0 Å². The van der Waals surface area contributed by atoms with Crippen molar-refractivity contribution in [1.29, 1.82) is 0 Å². The van der Waals surface area contributed by atoms with Gasteiger partial charge in [0.25, 0.3) is 11.8 Å². The van der Waals surface area contributed by atoms with E-state index in [0.717, 1.165) is 0 Å². The molecule has 0 spiro atoms. The standard InChI is InChI=1S/C10H15NO3/c1-7-4-8(13)11(9(7)14)5-10(2,3)6-12/h4,12H,5-6H2,1-3H3. The van der Waals surface area contributed by atoms with Crippen LogP contribution in [0.15, 0.2) is 11.6 Å². The summed E-state index contributed by atoms with van der Waals surface area (Å²) in [6, 6.07) is 0. The molecule has 78 valence electrons. The monoisotopic (exact) mass is 197 g/mol. The number of rotatable bonds is 3. The molecule has 0 aliphatic carbocycles. The summed E-state index contributed by atoms with van der Waals surface area (Å²) in [6.07, 6.45) is 1.33. The van der Waals surface area contributed by atoms with Gasteiger partial charge in [-0.25, -0.2) is 0 Å². The molecule has 1 heterocycles. The van der Waals surface area contributed by atoms with Gasteiger partial charge in [0, 0.05) is 30.2 Å². The van der Waals surface area contributed by atoms with E-state index in [4.69, 9.17) is 5.11 Å². The second-order valence-electron chi connectivity index (χ2n) is 4.38. The van der Waals surface area contributed by atoms with Crippen molar-refractivity contribution in [3.8, 4) is 0 Å². The fourth-order valence-corrected chi connectivity index (χ4v) is 1.27. The fourth-order valence-electron chi connectivity index (χ4n) is 1.27. The summed E-state index contributed by atoms with van der Waals surface area (Å²) in [6.45, 7) is 5.44. The van der Waals surface area contributed by atoms with Gasteiger partial charge < -0.3 is 5.11 Å². The molecular formula is C10H15NO3. The molecule has 2 amide bonds. The number of carbonyl (C=O) groups excluding carboxylic acids is 2. The summed E-state index contributed by atoms with van der Waals surface area (Å²) in [7, 11) is 0. The Morgan fingerprint density at radius 1 is 1.43 bits per heavy atom. The molecule has 0 aromatic heterocycles. The molecule has 0 radical (unpaired) electrons. The minimum atomic E-state index is -0.441. The second kappa shape index (κ2) is 3.53. The predicted molar refractivity (Wildman–Crippen MR) is 51.3 cm³/mol. The van der Waals surface area contributed by atoms with Crippen molar-refractivity contribution in [2.24, 2.45) is 5.41 Å². The van der Waals surface area contributed by atoms with Crippen LogP contribution >= 0.6 is 0 Å². The smallest absolute Gasteiger partial charge is 0.256 e. The Hall–Kier alpha value is -1.16. The number of nitrogens with zero attached hydrogens (tertiary/aromatic N) is 1. The third-order valence-corrected chi connectivity index (χ3v) is 2.20. The first-order chi connectivity index (χ1) is 6.37. The molecule has 0 aromatic rings. The van der Waals surface area contributed by atoms with Crippen LogP contribution in [0.4, 0.5) is 0 Å². The maximum absolute atomic E-state index is 11.5. The highest BCUT2D eigenvalue weighted by atomic mass is 16.3. The van der Waals surface area contributed by atoms with Gasteiger partial charge in [0.1, 0.15) is 0 Å². The zero-order valence-electron chi connectivity index (χ0n) is 8.70. The number of aliphatic hydroxyl groups is 1. The molecule has 0 fully saturated rings. The van der Waals surface area contributed by atoms with Crippen molar-refractivity contribution in [1.82, 2.24) is 4.90 Å². The highest BCUT2D eigenvalue weighted by Crippen LogP contribution is 2.20. The lowest BCUT2D eigenvalue weighted by atomic mass is 9.94. The van der Waals surface area contributed by atoms with E-state index in [1.165, 1.54) is 11.0 Å². The summed E-state index contributed by atoms with van der Waals surface area (Å²) in [4.78, 5) is 24.0. The first-order valence-corrected chi connectivity index (χ1v) is 4.52. The van der Waals surface area contributed by atoms with E-state index in [-0.39, 0.29) is 25.0 Å². The average molecular weight is 197 g/mol. The molecule has 4 heteroatoms. The maximum atomic E-state index is 11.5. The fraction of sp³-hybridized carbons (Fsp3) is 0.600. The predicted octanol–water partition coefficient (Wildman–Crippen LogP) is 0.320. The molecular weight excluding hydrogens is 182 g/mol. The summed E-state index contributed by atoms with van der Waals surface area (Å²) in [5.74, 6) is -0.537. The van der Waals surface area contributed by atoms with Crippen LogP contribution in [0.5, 0.6) is 0 Å². The van der Waals surface area contributed by atoms with Crippen LogP contribution < -0.4 is 0 Å². The minimum Gasteiger partial charge on any atom is -0.396 e. The Bertz CT molecular complexity index is 304. The van der Waals surface area contributed by atoms with Crippen LogP contribution in [0, 0.1) is 5.41 Å². The molecule has 0 unspecified atom stereocenters. The Kier molecular flexibility index (Phi) is 2.76. The van der Waals surface area contributed by atoms with Crippen LogP contribution in [-0.4, -0.2) is 35.0 Å². The molecule has 14 heavy (non-hydrogen) atoms. The first-order valence-electron chi connectivity index (χ1n) is 4.52. The van der Waals surface area contributed by atoms with Crippen molar-refractivity contribution >= 4 is 11.8 Å². The van der Waals surface area contributed by atoms with Gasteiger partial charge in [0.15, 0.2) is 0 Å². The molecule has 0 saturated carbocycles. The molecule has 1 N–H and O–H groups in total.